The van der Waals surface area contributed by atoms with E-state index in [0.717, 1.165) is 116 Å². The van der Waals surface area contributed by atoms with Crippen LogP contribution in [0.2, 0.25) is 0 Å². The first-order valence-electron chi connectivity index (χ1n) is 27.1. The summed E-state index contributed by atoms with van der Waals surface area (Å²) in [4.78, 5) is 37.7. The van der Waals surface area contributed by atoms with Crippen LogP contribution in [0.1, 0.15) is 252 Å². The Labute approximate surface area is 401 Å². The largest absolute Gasteiger partial charge is 0.462 e. The minimum atomic E-state index is -0.781. The third-order valence-electron chi connectivity index (χ3n) is 11.4. The zero-order valence-corrected chi connectivity index (χ0v) is 42.5. The predicted octanol–water partition coefficient (Wildman–Crippen LogP) is 18.0. The normalized spacial score (nSPS) is 12.7. The number of hydrogen-bond donors (Lipinski definition) is 0. The van der Waals surface area contributed by atoms with Crippen molar-refractivity contribution in [1.82, 2.24) is 0 Å². The fraction of sp³-hybridized carbons (Fsp3) is 0.712. The van der Waals surface area contributed by atoms with E-state index in [2.05, 4.69) is 106 Å². The highest BCUT2D eigenvalue weighted by Crippen LogP contribution is 2.14. The molecule has 0 aliphatic carbocycles. The second-order valence-electron chi connectivity index (χ2n) is 17.8. The second kappa shape index (κ2) is 53.2. The van der Waals surface area contributed by atoms with Crippen LogP contribution in [0.4, 0.5) is 0 Å². The highest BCUT2D eigenvalue weighted by Gasteiger charge is 2.19. The molecule has 0 fully saturated rings. The summed E-state index contributed by atoms with van der Waals surface area (Å²) < 4.78 is 16.7. The van der Waals surface area contributed by atoms with E-state index in [1.165, 1.54) is 96.3 Å². The number of allylic oxidation sites excluding steroid dienone is 14. The first kappa shape index (κ1) is 61.6. The summed E-state index contributed by atoms with van der Waals surface area (Å²) in [5.41, 5.74) is 0. The van der Waals surface area contributed by atoms with Gasteiger partial charge in [0.1, 0.15) is 13.2 Å². The molecule has 1 atom stereocenters. The molecule has 0 rings (SSSR count). The van der Waals surface area contributed by atoms with Gasteiger partial charge in [-0.3, -0.25) is 14.4 Å². The maximum atomic E-state index is 12.7. The van der Waals surface area contributed by atoms with Crippen molar-refractivity contribution in [2.75, 3.05) is 13.2 Å². The van der Waals surface area contributed by atoms with Crippen LogP contribution < -0.4 is 0 Å². The van der Waals surface area contributed by atoms with Crippen LogP contribution in [0.15, 0.2) is 85.1 Å². The summed E-state index contributed by atoms with van der Waals surface area (Å²) in [5.74, 6) is -0.916. The lowest BCUT2D eigenvalue weighted by molar-refractivity contribution is -0.167. The zero-order chi connectivity index (χ0) is 47.2. The molecule has 0 aliphatic heterocycles. The summed E-state index contributed by atoms with van der Waals surface area (Å²) in [5, 5.41) is 0. The molecule has 0 N–H and O–H groups in total. The molecule has 6 nitrogen and oxygen atoms in total. The van der Waals surface area contributed by atoms with E-state index in [-0.39, 0.29) is 31.1 Å². The van der Waals surface area contributed by atoms with Crippen LogP contribution in [0, 0.1) is 0 Å². The lowest BCUT2D eigenvalue weighted by atomic mass is 10.1. The van der Waals surface area contributed by atoms with Crippen LogP contribution in [-0.2, 0) is 28.6 Å². The van der Waals surface area contributed by atoms with Crippen LogP contribution in [0.25, 0.3) is 0 Å². The highest BCUT2D eigenvalue weighted by molar-refractivity contribution is 5.71. The van der Waals surface area contributed by atoms with Crippen LogP contribution in [0.5, 0.6) is 0 Å². The smallest absolute Gasteiger partial charge is 0.306 e. The van der Waals surface area contributed by atoms with E-state index in [0.29, 0.717) is 19.3 Å². The fourth-order valence-corrected chi connectivity index (χ4v) is 7.32. The standard InChI is InChI=1S/C59H100O6/c1-4-7-10-13-15-17-19-21-23-25-26-27-28-29-30-31-32-34-35-37-39-41-43-46-49-52-58(61)64-55-56(54-63-57(60)51-48-45-12-9-6-3)65-59(62)53-50-47-44-42-40-38-36-33-24-22-20-18-16-14-11-8-5-2/h7,10,15,17,21-24,26-27,29-30,32,34,56H,4-6,8-9,11-14,16,18-20,25,28,31,33,35-55H2,1-3H3/b10-7-,17-15-,23-21-,24-22-,27-26-,30-29-,34-32-. The Morgan fingerprint density at radius 2 is 0.600 bits per heavy atom. The van der Waals surface area contributed by atoms with Gasteiger partial charge in [0.05, 0.1) is 0 Å². The summed E-state index contributed by atoms with van der Waals surface area (Å²) in [6.45, 7) is 6.42. The Hall–Kier alpha value is -3.41. The quantitative estimate of drug-likeness (QED) is 0.0262. The Morgan fingerprint density at radius 1 is 0.323 bits per heavy atom. The molecule has 0 heterocycles. The number of esters is 3. The maximum absolute atomic E-state index is 12.7. The first-order valence-corrected chi connectivity index (χ1v) is 27.1. The number of carbonyl (C=O) groups is 3. The van der Waals surface area contributed by atoms with Gasteiger partial charge < -0.3 is 14.2 Å². The SMILES string of the molecule is CC/C=C\C/C=C\C/C=C\C/C=C\C/C=C\C/C=C\CCCCCCCCC(=O)OCC(COC(=O)CCCCCCC)OC(=O)CCCCCCCCC/C=C\CCCCCCCC. The van der Waals surface area contributed by atoms with E-state index >= 15 is 0 Å². The number of unbranched alkanes of at least 4 members (excludes halogenated alkanes) is 23. The predicted molar refractivity (Wildman–Crippen MR) is 279 cm³/mol. The van der Waals surface area contributed by atoms with Crippen molar-refractivity contribution in [3.8, 4) is 0 Å². The van der Waals surface area contributed by atoms with Gasteiger partial charge in [0.2, 0.25) is 0 Å². The van der Waals surface area contributed by atoms with Crippen LogP contribution >= 0.6 is 0 Å². The van der Waals surface area contributed by atoms with Crippen molar-refractivity contribution in [1.29, 1.82) is 0 Å². The molecular weight excluding hydrogens is 805 g/mol. The minimum Gasteiger partial charge on any atom is -0.462 e. The molecule has 0 aromatic carbocycles. The Morgan fingerprint density at radius 3 is 0.954 bits per heavy atom. The van der Waals surface area contributed by atoms with Gasteiger partial charge in [0, 0.05) is 19.3 Å². The third-order valence-corrected chi connectivity index (χ3v) is 11.4. The second-order valence-corrected chi connectivity index (χ2v) is 17.8. The Balaban J connectivity index is 4.17. The Bertz CT molecular complexity index is 1270. The van der Waals surface area contributed by atoms with Gasteiger partial charge in [0.15, 0.2) is 6.10 Å². The molecule has 0 saturated heterocycles. The highest BCUT2D eigenvalue weighted by atomic mass is 16.6. The molecular formula is C59H100O6. The van der Waals surface area contributed by atoms with Gasteiger partial charge in [-0.05, 0) is 96.3 Å². The zero-order valence-electron chi connectivity index (χ0n) is 42.5. The first-order chi connectivity index (χ1) is 32.0. The van der Waals surface area contributed by atoms with Gasteiger partial charge in [0.25, 0.3) is 0 Å². The summed E-state index contributed by atoms with van der Waals surface area (Å²) in [7, 11) is 0. The maximum Gasteiger partial charge on any atom is 0.306 e. The average Bonchev–Trinajstić information content (AvgIpc) is 3.30. The molecule has 0 saturated carbocycles. The van der Waals surface area contributed by atoms with Gasteiger partial charge >= 0.3 is 17.9 Å². The molecule has 0 aromatic heterocycles. The number of ether oxygens (including phenoxy) is 3. The van der Waals surface area contributed by atoms with Gasteiger partial charge in [-0.1, -0.05) is 221 Å². The van der Waals surface area contributed by atoms with Crippen molar-refractivity contribution >= 4 is 17.9 Å². The van der Waals surface area contributed by atoms with E-state index in [9.17, 15) is 14.4 Å². The van der Waals surface area contributed by atoms with E-state index < -0.39 is 6.10 Å². The summed E-state index contributed by atoms with van der Waals surface area (Å²) >= 11 is 0. The summed E-state index contributed by atoms with van der Waals surface area (Å²) in [6.07, 6.45) is 68.9. The molecule has 65 heavy (non-hydrogen) atoms. The molecule has 0 aromatic rings. The summed E-state index contributed by atoms with van der Waals surface area (Å²) in [6, 6.07) is 0. The fourth-order valence-electron chi connectivity index (χ4n) is 7.32. The van der Waals surface area contributed by atoms with Gasteiger partial charge in [-0.2, -0.15) is 0 Å². The van der Waals surface area contributed by atoms with E-state index in [1.54, 1.807) is 0 Å². The van der Waals surface area contributed by atoms with Crippen LogP contribution in [0.3, 0.4) is 0 Å². The van der Waals surface area contributed by atoms with Gasteiger partial charge in [-0.15, -0.1) is 0 Å². The number of carbonyl (C=O) groups excluding carboxylic acids is 3. The molecule has 6 heteroatoms. The van der Waals surface area contributed by atoms with E-state index in [4.69, 9.17) is 14.2 Å². The molecule has 0 spiro atoms. The van der Waals surface area contributed by atoms with Crippen molar-refractivity contribution < 1.29 is 28.6 Å². The third kappa shape index (κ3) is 51.4. The molecule has 1 unspecified atom stereocenters. The van der Waals surface area contributed by atoms with Crippen molar-refractivity contribution in [3.63, 3.8) is 0 Å². The monoisotopic (exact) mass is 905 g/mol. The molecule has 0 bridgehead atoms. The lowest BCUT2D eigenvalue weighted by Gasteiger charge is -2.18. The molecule has 0 radical (unpaired) electrons. The number of rotatable bonds is 48. The van der Waals surface area contributed by atoms with Crippen molar-refractivity contribution in [2.24, 2.45) is 0 Å². The number of hydrogen-bond acceptors (Lipinski definition) is 6. The Kier molecular flexibility index (Phi) is 50.4. The van der Waals surface area contributed by atoms with Crippen molar-refractivity contribution in [3.05, 3.63) is 85.1 Å². The topological polar surface area (TPSA) is 78.9 Å². The van der Waals surface area contributed by atoms with Crippen molar-refractivity contribution in [2.45, 2.75) is 258 Å². The van der Waals surface area contributed by atoms with E-state index in [1.807, 2.05) is 0 Å². The van der Waals surface area contributed by atoms with Crippen LogP contribution in [-0.4, -0.2) is 37.2 Å². The molecule has 372 valence electrons. The lowest BCUT2D eigenvalue weighted by Crippen LogP contribution is -2.30. The van der Waals surface area contributed by atoms with Gasteiger partial charge in [-0.25, -0.2) is 0 Å². The minimum absolute atomic E-state index is 0.0837. The average molecular weight is 905 g/mol. The molecule has 0 aliphatic rings. The molecule has 0 amide bonds.